The van der Waals surface area contributed by atoms with Crippen molar-refractivity contribution in [1.29, 1.82) is 0 Å². The Morgan fingerprint density at radius 2 is 2.00 bits per heavy atom. The van der Waals surface area contributed by atoms with E-state index in [-0.39, 0.29) is 5.78 Å². The first-order valence-corrected chi connectivity index (χ1v) is 4.32. The Balaban J connectivity index is 2.25. The largest absolute Gasteiger partial charge is 0.285 e. The van der Waals surface area contributed by atoms with Crippen LogP contribution >= 0.6 is 0 Å². The molecule has 0 heterocycles. The summed E-state index contributed by atoms with van der Waals surface area (Å²) in [5.41, 5.74) is 0. The molecule has 0 aromatic rings. The predicted octanol–water partition coefficient (Wildman–Crippen LogP) is 2.16. The second kappa shape index (κ2) is 4.18. The fourth-order valence-electron chi connectivity index (χ4n) is 1.71. The van der Waals surface area contributed by atoms with Crippen LogP contribution < -0.4 is 0 Å². The van der Waals surface area contributed by atoms with Gasteiger partial charge in [0.25, 0.3) is 0 Å². The van der Waals surface area contributed by atoms with Gasteiger partial charge in [0, 0.05) is 6.42 Å². The van der Waals surface area contributed by atoms with Gasteiger partial charge in [-0.25, -0.2) is 0 Å². The van der Waals surface area contributed by atoms with E-state index in [0.29, 0.717) is 12.3 Å². The molecule has 0 atom stereocenters. The van der Waals surface area contributed by atoms with Gasteiger partial charge in [0.1, 0.15) is 0 Å². The highest BCUT2D eigenvalue weighted by Gasteiger charge is 2.15. The molecule has 0 saturated heterocycles. The molecular weight excluding hydrogens is 136 g/mol. The van der Waals surface area contributed by atoms with Crippen molar-refractivity contribution in [1.82, 2.24) is 0 Å². The Hall–Kier alpha value is -0.770. The number of ketones is 1. The minimum Gasteiger partial charge on any atom is -0.285 e. The minimum absolute atomic E-state index is 0.0168. The molecule has 1 aliphatic carbocycles. The summed E-state index contributed by atoms with van der Waals surface area (Å²) in [4.78, 5) is 10.8. The predicted molar refractivity (Wildman–Crippen MR) is 45.0 cm³/mol. The molecule has 0 amide bonds. The molecule has 0 unspecified atom stereocenters. The van der Waals surface area contributed by atoms with Crippen molar-refractivity contribution in [3.05, 3.63) is 0 Å². The molecule has 0 spiro atoms. The third-order valence-electron chi connectivity index (χ3n) is 2.36. The van der Waals surface area contributed by atoms with Gasteiger partial charge in [-0.3, -0.25) is 4.79 Å². The summed E-state index contributed by atoms with van der Waals surface area (Å²) in [5.74, 6) is 2.75. The summed E-state index contributed by atoms with van der Waals surface area (Å²) < 4.78 is 0. The highest BCUT2D eigenvalue weighted by molar-refractivity contribution is 5.94. The van der Waals surface area contributed by atoms with Gasteiger partial charge >= 0.3 is 0 Å². The zero-order valence-corrected chi connectivity index (χ0v) is 6.81. The quantitative estimate of drug-likeness (QED) is 0.435. The molecule has 0 bridgehead atoms. The number of rotatable bonds is 2. The van der Waals surface area contributed by atoms with Gasteiger partial charge in [-0.15, -0.1) is 6.42 Å². The van der Waals surface area contributed by atoms with Crippen molar-refractivity contribution in [2.75, 3.05) is 0 Å². The van der Waals surface area contributed by atoms with E-state index in [0.717, 1.165) is 0 Å². The van der Waals surface area contributed by atoms with E-state index >= 15 is 0 Å². The van der Waals surface area contributed by atoms with Crippen LogP contribution in [0.2, 0.25) is 0 Å². The molecule has 0 radical (unpaired) electrons. The maximum atomic E-state index is 10.8. The van der Waals surface area contributed by atoms with Gasteiger partial charge < -0.3 is 0 Å². The first-order chi connectivity index (χ1) is 5.33. The van der Waals surface area contributed by atoms with E-state index in [4.69, 9.17) is 6.42 Å². The van der Waals surface area contributed by atoms with Crippen LogP contribution in [0.4, 0.5) is 0 Å². The lowest BCUT2D eigenvalue weighted by Crippen LogP contribution is -2.10. The minimum atomic E-state index is -0.0168. The van der Waals surface area contributed by atoms with Crippen molar-refractivity contribution >= 4 is 5.78 Å². The Bertz CT molecular complexity index is 170. The maximum Gasteiger partial charge on any atom is 0.205 e. The Morgan fingerprint density at radius 3 is 2.55 bits per heavy atom. The van der Waals surface area contributed by atoms with Crippen molar-refractivity contribution in [2.45, 2.75) is 38.5 Å². The van der Waals surface area contributed by atoms with Gasteiger partial charge in [0.15, 0.2) is 0 Å². The van der Waals surface area contributed by atoms with E-state index < -0.39 is 0 Å². The lowest BCUT2D eigenvalue weighted by Gasteiger charge is -2.19. The summed E-state index contributed by atoms with van der Waals surface area (Å²) in [6.07, 6.45) is 11.9. The van der Waals surface area contributed by atoms with Gasteiger partial charge in [0.05, 0.1) is 0 Å². The van der Waals surface area contributed by atoms with Crippen LogP contribution in [-0.4, -0.2) is 5.78 Å². The van der Waals surface area contributed by atoms with E-state index in [1.807, 2.05) is 0 Å². The van der Waals surface area contributed by atoms with Gasteiger partial charge in [-0.1, -0.05) is 19.3 Å². The number of carbonyl (C=O) groups excluding carboxylic acids is 1. The number of terminal acetylenes is 1. The first kappa shape index (κ1) is 8.33. The van der Waals surface area contributed by atoms with Gasteiger partial charge in [-0.05, 0) is 24.7 Å². The molecule has 1 aliphatic rings. The van der Waals surface area contributed by atoms with Crippen molar-refractivity contribution in [3.8, 4) is 12.3 Å². The van der Waals surface area contributed by atoms with Crippen LogP contribution in [0.5, 0.6) is 0 Å². The molecule has 0 aromatic carbocycles. The molecule has 0 N–H and O–H groups in total. The summed E-state index contributed by atoms with van der Waals surface area (Å²) >= 11 is 0. The summed E-state index contributed by atoms with van der Waals surface area (Å²) in [6.45, 7) is 0. The van der Waals surface area contributed by atoms with Crippen LogP contribution in [0.3, 0.4) is 0 Å². The second-order valence-corrected chi connectivity index (χ2v) is 3.28. The standard InChI is InChI=1S/C10H14O/c1-2-10(11)8-9-6-4-3-5-7-9/h1,9H,3-8H2. The average molecular weight is 150 g/mol. The highest BCUT2D eigenvalue weighted by atomic mass is 16.1. The van der Waals surface area contributed by atoms with Crippen molar-refractivity contribution < 1.29 is 4.79 Å². The summed E-state index contributed by atoms with van der Waals surface area (Å²) in [5, 5.41) is 0. The topological polar surface area (TPSA) is 17.1 Å². The van der Waals surface area contributed by atoms with Crippen LogP contribution in [-0.2, 0) is 4.79 Å². The monoisotopic (exact) mass is 150 g/mol. The molecule has 1 saturated carbocycles. The summed E-state index contributed by atoms with van der Waals surface area (Å²) in [6, 6.07) is 0. The molecule has 0 aliphatic heterocycles. The smallest absolute Gasteiger partial charge is 0.205 e. The van der Waals surface area contributed by atoms with Crippen molar-refractivity contribution in [2.24, 2.45) is 5.92 Å². The maximum absolute atomic E-state index is 10.8. The second-order valence-electron chi connectivity index (χ2n) is 3.28. The van der Waals surface area contributed by atoms with Gasteiger partial charge in [-0.2, -0.15) is 0 Å². The SMILES string of the molecule is C#CC(=O)CC1CCCCC1. The van der Waals surface area contributed by atoms with E-state index in [1.165, 1.54) is 32.1 Å². The molecule has 11 heavy (non-hydrogen) atoms. The van der Waals surface area contributed by atoms with Crippen LogP contribution in [0.25, 0.3) is 0 Å². The van der Waals surface area contributed by atoms with Crippen LogP contribution in [0.15, 0.2) is 0 Å². The fraction of sp³-hybridized carbons (Fsp3) is 0.700. The molecule has 1 nitrogen and oxygen atoms in total. The highest BCUT2D eigenvalue weighted by Crippen LogP contribution is 2.26. The first-order valence-electron chi connectivity index (χ1n) is 4.32. The number of hydrogen-bond acceptors (Lipinski definition) is 1. The third-order valence-corrected chi connectivity index (χ3v) is 2.36. The zero-order chi connectivity index (χ0) is 8.10. The summed E-state index contributed by atoms with van der Waals surface area (Å²) in [7, 11) is 0. The molecule has 1 fully saturated rings. The number of hydrogen-bond donors (Lipinski definition) is 0. The van der Waals surface area contributed by atoms with E-state index in [9.17, 15) is 4.79 Å². The number of Topliss-reactive ketones (excluding diaryl/α,β-unsaturated/α-hetero) is 1. The normalized spacial score (nSPS) is 19.2. The lowest BCUT2D eigenvalue weighted by molar-refractivity contribution is -0.114. The number of carbonyl (C=O) groups is 1. The van der Waals surface area contributed by atoms with Gasteiger partial charge in [0.2, 0.25) is 5.78 Å². The molecule has 1 heteroatoms. The average Bonchev–Trinajstić information content (AvgIpc) is 2.06. The van der Waals surface area contributed by atoms with Crippen LogP contribution in [0.1, 0.15) is 38.5 Å². The Morgan fingerprint density at radius 1 is 1.36 bits per heavy atom. The van der Waals surface area contributed by atoms with E-state index in [1.54, 1.807) is 0 Å². The lowest BCUT2D eigenvalue weighted by atomic mass is 9.86. The van der Waals surface area contributed by atoms with E-state index in [2.05, 4.69) is 5.92 Å². The van der Waals surface area contributed by atoms with Crippen LogP contribution in [0, 0.1) is 18.3 Å². The molecule has 0 aromatic heterocycles. The molecule has 60 valence electrons. The third kappa shape index (κ3) is 2.76. The fourth-order valence-corrected chi connectivity index (χ4v) is 1.71. The Kier molecular flexibility index (Phi) is 3.16. The Labute approximate surface area is 68.2 Å². The molecule has 1 rings (SSSR count). The molecular formula is C10H14O. The van der Waals surface area contributed by atoms with Crippen molar-refractivity contribution in [3.63, 3.8) is 0 Å². The zero-order valence-electron chi connectivity index (χ0n) is 6.81.